The Morgan fingerprint density at radius 1 is 1.06 bits per heavy atom. The van der Waals surface area contributed by atoms with Crippen LogP contribution in [0.25, 0.3) is 0 Å². The molecule has 0 bridgehead atoms. The van der Waals surface area contributed by atoms with Gasteiger partial charge in [-0.25, -0.2) is 9.40 Å². The minimum atomic E-state index is -1.22. The summed E-state index contributed by atoms with van der Waals surface area (Å²) in [6, 6.07) is 17.2. The van der Waals surface area contributed by atoms with Gasteiger partial charge in [0, 0.05) is 11.1 Å². The van der Waals surface area contributed by atoms with Crippen LogP contribution in [0.4, 0.5) is 4.39 Å². The lowest BCUT2D eigenvalue weighted by molar-refractivity contribution is 0.0287. The zero-order valence-electron chi connectivity index (χ0n) is 21.1. The van der Waals surface area contributed by atoms with Gasteiger partial charge >= 0.3 is 7.12 Å². The molecule has 1 aliphatic rings. The van der Waals surface area contributed by atoms with Crippen molar-refractivity contribution in [3.63, 3.8) is 0 Å². The summed E-state index contributed by atoms with van der Waals surface area (Å²) in [6.07, 6.45) is 0. The van der Waals surface area contributed by atoms with Gasteiger partial charge in [0.15, 0.2) is 0 Å². The Bertz CT molecular complexity index is 1290. The van der Waals surface area contributed by atoms with Gasteiger partial charge in [0.25, 0.3) is 11.8 Å². The first kappa shape index (κ1) is 25.6. The third kappa shape index (κ3) is 5.06. The molecule has 3 aromatic rings. The first-order chi connectivity index (χ1) is 17.0. The number of carbonyl (C=O) groups excluding carboxylic acids is 2. The van der Waals surface area contributed by atoms with E-state index in [-0.39, 0.29) is 17.7 Å². The Morgan fingerprint density at radius 2 is 1.69 bits per heavy atom. The highest BCUT2D eigenvalue weighted by molar-refractivity contribution is 6.61. The number of hydrogen-bond acceptors (Lipinski definition) is 4. The molecule has 0 aromatic heterocycles. The summed E-state index contributed by atoms with van der Waals surface area (Å²) in [5.41, 5.74) is 5.51. The largest absolute Gasteiger partial charge is 0.491 e. The van der Waals surface area contributed by atoms with Gasteiger partial charge < -0.3 is 9.68 Å². The molecule has 0 radical (unpaired) electrons. The van der Waals surface area contributed by atoms with Crippen LogP contribution in [0, 0.1) is 25.1 Å². The summed E-state index contributed by atoms with van der Waals surface area (Å²) < 4.78 is 20.4. The highest BCUT2D eigenvalue weighted by Crippen LogP contribution is 2.38. The van der Waals surface area contributed by atoms with E-state index in [4.69, 9.17) is 4.65 Å². The molecule has 1 heterocycles. The van der Waals surface area contributed by atoms with Crippen LogP contribution in [0.15, 0.2) is 60.7 Å². The molecule has 1 atom stereocenters. The van der Waals surface area contributed by atoms with E-state index < -0.39 is 36.2 Å². The molecule has 0 aliphatic carbocycles. The van der Waals surface area contributed by atoms with E-state index in [2.05, 4.69) is 5.43 Å². The van der Waals surface area contributed by atoms with E-state index in [9.17, 15) is 14.6 Å². The molecule has 2 N–H and O–H groups in total. The van der Waals surface area contributed by atoms with E-state index in [0.29, 0.717) is 11.0 Å². The Balaban J connectivity index is 1.79. The Labute approximate surface area is 211 Å². The third-order valence-corrected chi connectivity index (χ3v) is 6.28. The summed E-state index contributed by atoms with van der Waals surface area (Å²) in [5.74, 6) is -1.94. The van der Waals surface area contributed by atoms with Crippen LogP contribution in [0.5, 0.6) is 0 Å². The number of hydrazine groups is 1. The van der Waals surface area contributed by atoms with Gasteiger partial charge in [-0.2, -0.15) is 0 Å². The van der Waals surface area contributed by atoms with Crippen molar-refractivity contribution < 1.29 is 23.7 Å². The predicted octanol–water partition coefficient (Wildman–Crippen LogP) is 4.23. The summed E-state index contributed by atoms with van der Waals surface area (Å²) in [7, 11) is -1.22. The van der Waals surface area contributed by atoms with Gasteiger partial charge in [-0.3, -0.25) is 15.0 Å². The Morgan fingerprint density at radius 3 is 2.31 bits per heavy atom. The highest BCUT2D eigenvalue weighted by Gasteiger charge is 2.38. The quantitative estimate of drug-likeness (QED) is 0.426. The van der Waals surface area contributed by atoms with Crippen molar-refractivity contribution in [3.05, 3.63) is 99.9 Å². The molecule has 0 fully saturated rings. The summed E-state index contributed by atoms with van der Waals surface area (Å²) >= 11 is 0. The molecule has 8 heteroatoms. The minimum absolute atomic E-state index is 0.136. The number of carbonyl (C=O) groups is 2. The average molecular weight is 488 g/mol. The molecule has 0 spiro atoms. The van der Waals surface area contributed by atoms with Crippen LogP contribution in [-0.4, -0.2) is 29.0 Å². The van der Waals surface area contributed by atoms with Crippen molar-refractivity contribution >= 4 is 24.4 Å². The highest BCUT2D eigenvalue weighted by atomic mass is 19.1. The molecular formula is C28H30BFN2O4. The molecule has 3 aromatic carbocycles. The topological polar surface area (TPSA) is 78.9 Å². The lowest BCUT2D eigenvalue weighted by Crippen LogP contribution is -2.52. The zero-order chi connectivity index (χ0) is 26.2. The second-order valence-electron chi connectivity index (χ2n) is 10.3. The van der Waals surface area contributed by atoms with Gasteiger partial charge in [-0.15, -0.1) is 0 Å². The van der Waals surface area contributed by atoms with Gasteiger partial charge in [-0.1, -0.05) is 74.4 Å². The van der Waals surface area contributed by atoms with Gasteiger partial charge in [-0.05, 0) is 48.5 Å². The number of fused-ring (bicyclic) bond motifs is 1. The number of hydrogen-bond donors (Lipinski definition) is 2. The van der Waals surface area contributed by atoms with Crippen molar-refractivity contribution in [1.82, 2.24) is 10.4 Å². The van der Waals surface area contributed by atoms with Crippen LogP contribution in [-0.2, 0) is 11.3 Å². The lowest BCUT2D eigenvalue weighted by atomic mass is 9.79. The Hall–Kier alpha value is -3.49. The minimum Gasteiger partial charge on any atom is -0.423 e. The van der Waals surface area contributed by atoms with Crippen molar-refractivity contribution in [2.75, 3.05) is 0 Å². The van der Waals surface area contributed by atoms with Gasteiger partial charge in [0.1, 0.15) is 5.82 Å². The fourth-order valence-electron chi connectivity index (χ4n) is 4.75. The maximum absolute atomic E-state index is 15.3. The van der Waals surface area contributed by atoms with Crippen LogP contribution in [0.2, 0.25) is 0 Å². The lowest BCUT2D eigenvalue weighted by Gasteiger charge is -2.40. The number of halogens is 1. The van der Waals surface area contributed by atoms with Crippen molar-refractivity contribution in [2.24, 2.45) is 5.41 Å². The smallest absolute Gasteiger partial charge is 0.423 e. The van der Waals surface area contributed by atoms with E-state index in [0.717, 1.165) is 16.7 Å². The van der Waals surface area contributed by atoms with Crippen molar-refractivity contribution in [3.8, 4) is 0 Å². The monoisotopic (exact) mass is 488 g/mol. The normalized spacial score (nSPS) is 13.8. The summed E-state index contributed by atoms with van der Waals surface area (Å²) in [4.78, 5) is 27.4. The molecule has 36 heavy (non-hydrogen) atoms. The fourth-order valence-corrected chi connectivity index (χ4v) is 4.75. The molecule has 1 unspecified atom stereocenters. The zero-order valence-corrected chi connectivity index (χ0v) is 21.1. The molecule has 0 saturated heterocycles. The SMILES string of the molecule is Cc1cc(C)cc(C(=O)N(NC(=O)c2ccc3c(c2F)COB3O)C(c2ccccc2)C(C)(C)C)c1. The third-order valence-electron chi connectivity index (χ3n) is 6.28. The number of nitrogens with one attached hydrogen (secondary N) is 1. The fraction of sp³-hybridized carbons (Fsp3) is 0.286. The van der Waals surface area contributed by atoms with Gasteiger partial charge in [0.2, 0.25) is 0 Å². The van der Waals surface area contributed by atoms with E-state index in [1.54, 1.807) is 12.1 Å². The number of benzene rings is 3. The molecule has 4 rings (SSSR count). The van der Waals surface area contributed by atoms with Crippen molar-refractivity contribution in [1.29, 1.82) is 0 Å². The Kier molecular flexibility index (Phi) is 7.02. The molecule has 2 amide bonds. The van der Waals surface area contributed by atoms with E-state index in [1.165, 1.54) is 17.1 Å². The predicted molar refractivity (Wildman–Crippen MR) is 137 cm³/mol. The maximum atomic E-state index is 15.3. The van der Waals surface area contributed by atoms with Crippen LogP contribution in [0.1, 0.15) is 69.8 Å². The maximum Gasteiger partial charge on any atom is 0.491 e. The molecule has 186 valence electrons. The number of aryl methyl sites for hydroxylation is 2. The van der Waals surface area contributed by atoms with Crippen LogP contribution >= 0.6 is 0 Å². The molecule has 1 aliphatic heterocycles. The summed E-state index contributed by atoms with van der Waals surface area (Å²) in [5, 5.41) is 11.2. The summed E-state index contributed by atoms with van der Waals surface area (Å²) in [6.45, 7) is 9.61. The number of rotatable bonds is 4. The molecular weight excluding hydrogens is 458 g/mol. The second kappa shape index (κ2) is 9.87. The molecule has 0 saturated carbocycles. The second-order valence-corrected chi connectivity index (χ2v) is 10.3. The standard InChI is InChI=1S/C28H30BFN2O4/c1-17-13-18(2)15-20(14-17)27(34)32(25(28(3,4)5)19-9-7-6-8-10-19)31-26(33)21-11-12-23-22(24(21)30)16-36-29(23)35/h6-15,25,35H,16H2,1-5H3,(H,31,33). The average Bonchev–Trinajstić information content (AvgIpc) is 3.19. The number of amides is 2. The van der Waals surface area contributed by atoms with Crippen LogP contribution in [0.3, 0.4) is 0 Å². The number of nitrogens with zero attached hydrogens (tertiary/aromatic N) is 1. The first-order valence-electron chi connectivity index (χ1n) is 11.9. The van der Waals surface area contributed by atoms with E-state index >= 15 is 4.39 Å². The van der Waals surface area contributed by atoms with Crippen LogP contribution < -0.4 is 10.9 Å². The van der Waals surface area contributed by atoms with Gasteiger partial charge in [0.05, 0.1) is 18.2 Å². The first-order valence-corrected chi connectivity index (χ1v) is 11.9. The van der Waals surface area contributed by atoms with E-state index in [1.807, 2.05) is 71.0 Å². The van der Waals surface area contributed by atoms with Crippen molar-refractivity contribution in [2.45, 2.75) is 47.3 Å². The molecule has 6 nitrogen and oxygen atoms in total.